The lowest BCUT2D eigenvalue weighted by Crippen LogP contribution is -2.25. The van der Waals surface area contributed by atoms with Crippen LogP contribution in [0.2, 0.25) is 0 Å². The van der Waals surface area contributed by atoms with Crippen molar-refractivity contribution in [1.82, 2.24) is 0 Å². The van der Waals surface area contributed by atoms with Crippen LogP contribution >= 0.6 is 11.8 Å². The number of fused-ring (bicyclic) bond motifs is 1. The first kappa shape index (κ1) is 18.8. The molecule has 0 saturated carbocycles. The van der Waals surface area contributed by atoms with Crippen molar-refractivity contribution < 1.29 is 4.79 Å². The van der Waals surface area contributed by atoms with Gasteiger partial charge in [-0.05, 0) is 48.7 Å². The molecule has 2 aromatic rings. The molecule has 0 saturated heterocycles. The van der Waals surface area contributed by atoms with Crippen LogP contribution in [0.3, 0.4) is 0 Å². The number of thioether (sulfide) groups is 1. The van der Waals surface area contributed by atoms with Crippen molar-refractivity contribution in [2.45, 2.75) is 44.4 Å². The highest BCUT2D eigenvalue weighted by atomic mass is 32.2. The van der Waals surface area contributed by atoms with Crippen LogP contribution in [0.1, 0.15) is 55.5 Å². The molecule has 0 aromatic heterocycles. The lowest BCUT2D eigenvalue weighted by atomic mass is 10.1. The summed E-state index contributed by atoms with van der Waals surface area (Å²) in [7, 11) is 0. The number of carbonyl (C=O) groups is 1. The van der Waals surface area contributed by atoms with Crippen LogP contribution in [0.15, 0.2) is 58.3 Å². The summed E-state index contributed by atoms with van der Waals surface area (Å²) in [5.74, 6) is 0.141. The number of allylic oxidation sites excluding steroid dienone is 1. The van der Waals surface area contributed by atoms with Crippen molar-refractivity contribution in [2.75, 3.05) is 18.0 Å². The second kappa shape index (κ2) is 9.09. The summed E-state index contributed by atoms with van der Waals surface area (Å²) >= 11 is 1.57. The lowest BCUT2D eigenvalue weighted by Gasteiger charge is -2.24. The molecule has 136 valence electrons. The molecule has 0 unspecified atom stereocenters. The van der Waals surface area contributed by atoms with E-state index in [0.29, 0.717) is 0 Å². The van der Waals surface area contributed by atoms with Gasteiger partial charge in [-0.25, -0.2) is 0 Å². The highest BCUT2D eigenvalue weighted by Crippen LogP contribution is 2.40. The second-order valence-electron chi connectivity index (χ2n) is 6.72. The second-order valence-corrected chi connectivity index (χ2v) is 7.81. The third-order valence-electron chi connectivity index (χ3n) is 4.69. The Bertz CT molecular complexity index is 771. The number of unbranched alkanes of at least 4 members (excludes halogenated alkanes) is 2. The van der Waals surface area contributed by atoms with Crippen molar-refractivity contribution in [1.29, 1.82) is 0 Å². The minimum atomic E-state index is 0.141. The predicted molar refractivity (Wildman–Crippen MR) is 113 cm³/mol. The van der Waals surface area contributed by atoms with Crippen molar-refractivity contribution in [3.63, 3.8) is 0 Å². The molecular weight excluding hydrogens is 338 g/mol. The first-order chi connectivity index (χ1) is 12.7. The molecule has 0 amide bonds. The summed E-state index contributed by atoms with van der Waals surface area (Å²) in [6, 6.07) is 16.5. The fourth-order valence-electron chi connectivity index (χ4n) is 3.14. The Labute approximate surface area is 161 Å². The number of Topliss-reactive ketones (excluding diaryl/α,β-unsaturated/α-hetero) is 1. The van der Waals surface area contributed by atoms with E-state index in [9.17, 15) is 4.79 Å². The molecule has 1 heterocycles. The number of nitrogens with zero attached hydrogens (tertiary/aromatic N) is 1. The van der Waals surface area contributed by atoms with Gasteiger partial charge in [0.15, 0.2) is 0 Å². The standard InChI is InChI=1S/C23H27NOS/c1-3-5-15-24(16-6-4-2)19-13-11-18(12-14-19)17-22-23(25)20-9-7-8-10-21(20)26-22/h7-14,17H,3-6,15-16H2,1-2H3/b22-17+. The monoisotopic (exact) mass is 365 g/mol. The summed E-state index contributed by atoms with van der Waals surface area (Å²) in [4.78, 5) is 16.9. The van der Waals surface area contributed by atoms with Gasteiger partial charge in [0.1, 0.15) is 0 Å². The smallest absolute Gasteiger partial charge is 0.200 e. The molecule has 0 radical (unpaired) electrons. The molecule has 3 rings (SSSR count). The van der Waals surface area contributed by atoms with Crippen molar-refractivity contribution in [3.8, 4) is 0 Å². The molecule has 0 aliphatic carbocycles. The van der Waals surface area contributed by atoms with Crippen LogP contribution < -0.4 is 4.90 Å². The van der Waals surface area contributed by atoms with Gasteiger partial charge in [-0.3, -0.25) is 4.79 Å². The summed E-state index contributed by atoms with van der Waals surface area (Å²) in [5, 5.41) is 0. The number of hydrogen-bond donors (Lipinski definition) is 0. The maximum Gasteiger partial charge on any atom is 0.200 e. The van der Waals surface area contributed by atoms with Gasteiger partial charge in [-0.2, -0.15) is 0 Å². The Hall–Kier alpha value is -2.00. The summed E-state index contributed by atoms with van der Waals surface area (Å²) in [6.45, 7) is 6.70. The lowest BCUT2D eigenvalue weighted by molar-refractivity contribution is 0.104. The number of hydrogen-bond acceptors (Lipinski definition) is 3. The molecule has 3 heteroatoms. The SMILES string of the molecule is CCCCN(CCCC)c1ccc(/C=C2/Sc3ccccc3C2=O)cc1. The van der Waals surface area contributed by atoms with E-state index < -0.39 is 0 Å². The van der Waals surface area contributed by atoms with Crippen LogP contribution in [0.5, 0.6) is 0 Å². The zero-order valence-electron chi connectivity index (χ0n) is 15.7. The fourth-order valence-corrected chi connectivity index (χ4v) is 4.19. The van der Waals surface area contributed by atoms with Gasteiger partial charge in [0.2, 0.25) is 5.78 Å². The molecule has 2 nitrogen and oxygen atoms in total. The maximum absolute atomic E-state index is 12.5. The van der Waals surface area contributed by atoms with E-state index in [2.05, 4.69) is 43.0 Å². The molecule has 1 aliphatic heterocycles. The van der Waals surface area contributed by atoms with Crippen LogP contribution in [0, 0.1) is 0 Å². The number of anilines is 1. The Morgan fingerprint density at radius 1 is 0.923 bits per heavy atom. The minimum absolute atomic E-state index is 0.141. The third kappa shape index (κ3) is 4.39. The van der Waals surface area contributed by atoms with Gasteiger partial charge in [0.05, 0.1) is 4.91 Å². The molecule has 1 aliphatic rings. The molecule has 2 aromatic carbocycles. The average Bonchev–Trinajstić information content (AvgIpc) is 2.99. The van der Waals surface area contributed by atoms with Gasteiger partial charge in [-0.15, -0.1) is 0 Å². The quantitative estimate of drug-likeness (QED) is 0.503. The van der Waals surface area contributed by atoms with Crippen molar-refractivity contribution in [2.24, 2.45) is 0 Å². The van der Waals surface area contributed by atoms with Gasteiger partial charge in [0.25, 0.3) is 0 Å². The summed E-state index contributed by atoms with van der Waals surface area (Å²) in [5.41, 5.74) is 3.19. The fraction of sp³-hybridized carbons (Fsp3) is 0.348. The zero-order valence-corrected chi connectivity index (χ0v) is 16.5. The Kier molecular flexibility index (Phi) is 6.56. The number of ketones is 1. The van der Waals surface area contributed by atoms with Crippen LogP contribution in [0.4, 0.5) is 5.69 Å². The van der Waals surface area contributed by atoms with Crippen molar-refractivity contribution >= 4 is 29.3 Å². The normalized spacial score (nSPS) is 14.7. The Morgan fingerprint density at radius 2 is 1.58 bits per heavy atom. The van der Waals surface area contributed by atoms with Crippen LogP contribution in [-0.4, -0.2) is 18.9 Å². The molecule has 0 bridgehead atoms. The van der Waals surface area contributed by atoms with E-state index in [1.54, 1.807) is 11.8 Å². The van der Waals surface area contributed by atoms with E-state index >= 15 is 0 Å². The first-order valence-electron chi connectivity index (χ1n) is 9.61. The molecule has 26 heavy (non-hydrogen) atoms. The average molecular weight is 366 g/mol. The van der Waals surface area contributed by atoms with Gasteiger partial charge < -0.3 is 4.90 Å². The van der Waals surface area contributed by atoms with Gasteiger partial charge >= 0.3 is 0 Å². The van der Waals surface area contributed by atoms with Crippen molar-refractivity contribution in [3.05, 3.63) is 64.6 Å². The molecule has 0 atom stereocenters. The molecular formula is C23H27NOS. The Morgan fingerprint density at radius 3 is 2.19 bits per heavy atom. The van der Waals surface area contributed by atoms with E-state index in [0.717, 1.165) is 34.0 Å². The van der Waals surface area contributed by atoms with Gasteiger partial charge in [0, 0.05) is 29.2 Å². The predicted octanol–water partition coefficient (Wildman–Crippen LogP) is 6.42. The van der Waals surface area contributed by atoms with Crippen LogP contribution in [0.25, 0.3) is 6.08 Å². The molecule has 0 N–H and O–H groups in total. The van der Waals surface area contributed by atoms with Crippen LogP contribution in [-0.2, 0) is 0 Å². The van der Waals surface area contributed by atoms with E-state index in [-0.39, 0.29) is 5.78 Å². The van der Waals surface area contributed by atoms with E-state index in [1.807, 2.05) is 30.3 Å². The van der Waals surface area contributed by atoms with E-state index in [4.69, 9.17) is 0 Å². The van der Waals surface area contributed by atoms with Gasteiger partial charge in [-0.1, -0.05) is 62.7 Å². The largest absolute Gasteiger partial charge is 0.372 e. The maximum atomic E-state index is 12.5. The van der Waals surface area contributed by atoms with E-state index in [1.165, 1.54) is 31.4 Å². The topological polar surface area (TPSA) is 20.3 Å². The number of rotatable bonds is 8. The first-order valence-corrected chi connectivity index (χ1v) is 10.4. The molecule has 0 spiro atoms. The zero-order chi connectivity index (χ0) is 18.4. The summed E-state index contributed by atoms with van der Waals surface area (Å²) in [6.07, 6.45) is 6.89. The highest BCUT2D eigenvalue weighted by Gasteiger charge is 2.25. The highest BCUT2D eigenvalue weighted by molar-refractivity contribution is 8.04. The number of benzene rings is 2. The molecule has 0 fully saturated rings. The third-order valence-corrected chi connectivity index (χ3v) is 5.79. The minimum Gasteiger partial charge on any atom is -0.372 e. The summed E-state index contributed by atoms with van der Waals surface area (Å²) < 4.78 is 0. The Balaban J connectivity index is 1.74. The number of carbonyl (C=O) groups excluding carboxylic acids is 1.